The number of non-ortho nitro benzene ring substituents is 1. The van der Waals surface area contributed by atoms with E-state index in [1.165, 1.54) is 12.1 Å². The number of likely N-dealkylation sites (tertiary alicyclic amines) is 1. The largest absolute Gasteiger partial charge is 0.382 e. The molecule has 2 rings (SSSR count). The zero-order chi connectivity index (χ0) is 16.1. The maximum absolute atomic E-state index is 12.0. The van der Waals surface area contributed by atoms with Gasteiger partial charge in [0.15, 0.2) is 0 Å². The van der Waals surface area contributed by atoms with Crippen LogP contribution >= 0.6 is 0 Å². The number of anilines is 1. The number of benzene rings is 1. The van der Waals surface area contributed by atoms with Crippen molar-refractivity contribution in [3.63, 3.8) is 0 Å². The number of nitrogens with one attached hydrogen (secondary N) is 1. The molecule has 0 aliphatic carbocycles. The lowest BCUT2D eigenvalue weighted by Gasteiger charge is -2.33. The van der Waals surface area contributed by atoms with Crippen LogP contribution in [0, 0.1) is 16.0 Å². The topological polar surface area (TPSA) is 75.5 Å². The summed E-state index contributed by atoms with van der Waals surface area (Å²) < 4.78 is 0. The van der Waals surface area contributed by atoms with Gasteiger partial charge in [-0.05, 0) is 30.9 Å². The van der Waals surface area contributed by atoms with Gasteiger partial charge in [-0.25, -0.2) is 0 Å². The van der Waals surface area contributed by atoms with Crippen molar-refractivity contribution in [1.82, 2.24) is 4.90 Å². The van der Waals surface area contributed by atoms with E-state index >= 15 is 0 Å². The zero-order valence-corrected chi connectivity index (χ0v) is 13.1. The Morgan fingerprint density at radius 2 is 1.91 bits per heavy atom. The van der Waals surface area contributed by atoms with Gasteiger partial charge >= 0.3 is 0 Å². The summed E-state index contributed by atoms with van der Waals surface area (Å²) in [5.41, 5.74) is 0.984. The van der Waals surface area contributed by atoms with E-state index in [-0.39, 0.29) is 11.6 Å². The highest BCUT2D eigenvalue weighted by molar-refractivity contribution is 5.76. The molecule has 0 atom stereocenters. The second-order valence-electron chi connectivity index (χ2n) is 6.20. The highest BCUT2D eigenvalue weighted by atomic mass is 16.6. The molecule has 0 bridgehead atoms. The summed E-state index contributed by atoms with van der Waals surface area (Å²) in [5.74, 6) is 0.632. The second-order valence-corrected chi connectivity index (χ2v) is 6.20. The molecule has 0 aromatic heterocycles. The van der Waals surface area contributed by atoms with Gasteiger partial charge < -0.3 is 10.2 Å². The molecule has 1 aromatic carbocycles. The summed E-state index contributed by atoms with van der Waals surface area (Å²) in [7, 11) is 0. The lowest BCUT2D eigenvalue weighted by molar-refractivity contribution is -0.384. The second kappa shape index (κ2) is 7.24. The molecule has 22 heavy (non-hydrogen) atoms. The van der Waals surface area contributed by atoms with E-state index in [4.69, 9.17) is 0 Å². The van der Waals surface area contributed by atoms with E-state index in [1.807, 2.05) is 4.90 Å². The smallest absolute Gasteiger partial charge is 0.269 e. The van der Waals surface area contributed by atoms with Crippen molar-refractivity contribution in [2.45, 2.75) is 39.2 Å². The van der Waals surface area contributed by atoms with Crippen molar-refractivity contribution in [3.05, 3.63) is 34.4 Å². The van der Waals surface area contributed by atoms with Crippen molar-refractivity contribution in [2.75, 3.05) is 18.4 Å². The van der Waals surface area contributed by atoms with Crippen LogP contribution in [0.25, 0.3) is 0 Å². The van der Waals surface area contributed by atoms with Crippen LogP contribution in [-0.2, 0) is 4.79 Å². The SMILES string of the molecule is CC(C)CC(=O)N1CCC(Nc2ccc([N+](=O)[O-])cc2)CC1. The minimum atomic E-state index is -0.400. The van der Waals surface area contributed by atoms with Gasteiger partial charge in [0, 0.05) is 43.4 Å². The Bertz CT molecular complexity index is 520. The van der Waals surface area contributed by atoms with Crippen LogP contribution in [0.2, 0.25) is 0 Å². The van der Waals surface area contributed by atoms with Gasteiger partial charge in [0.25, 0.3) is 5.69 Å². The fourth-order valence-corrected chi connectivity index (χ4v) is 2.67. The first kappa shape index (κ1) is 16.3. The van der Waals surface area contributed by atoms with Gasteiger partial charge in [-0.15, -0.1) is 0 Å². The van der Waals surface area contributed by atoms with Crippen LogP contribution in [0.15, 0.2) is 24.3 Å². The first-order valence-electron chi connectivity index (χ1n) is 7.74. The van der Waals surface area contributed by atoms with Crippen molar-refractivity contribution >= 4 is 17.3 Å². The molecule has 0 radical (unpaired) electrons. The first-order chi connectivity index (χ1) is 10.5. The number of nitro groups is 1. The van der Waals surface area contributed by atoms with E-state index in [0.29, 0.717) is 18.4 Å². The highest BCUT2D eigenvalue weighted by Gasteiger charge is 2.23. The minimum absolute atomic E-state index is 0.0969. The number of carbonyl (C=O) groups excluding carboxylic acids is 1. The first-order valence-corrected chi connectivity index (χ1v) is 7.74. The van der Waals surface area contributed by atoms with E-state index in [2.05, 4.69) is 19.2 Å². The van der Waals surface area contributed by atoms with Crippen molar-refractivity contribution in [3.8, 4) is 0 Å². The third-order valence-electron chi connectivity index (χ3n) is 3.88. The number of rotatable bonds is 5. The Balaban J connectivity index is 1.82. The van der Waals surface area contributed by atoms with Crippen molar-refractivity contribution in [1.29, 1.82) is 0 Å². The Kier molecular flexibility index (Phi) is 5.35. The molecule has 1 aliphatic heterocycles. The third-order valence-corrected chi connectivity index (χ3v) is 3.88. The fraction of sp³-hybridized carbons (Fsp3) is 0.562. The number of nitro benzene ring substituents is 1. The Hall–Kier alpha value is -2.11. The predicted molar refractivity (Wildman–Crippen MR) is 85.8 cm³/mol. The van der Waals surface area contributed by atoms with Crippen LogP contribution in [-0.4, -0.2) is 34.9 Å². The van der Waals surface area contributed by atoms with E-state index in [1.54, 1.807) is 12.1 Å². The standard InChI is InChI=1S/C16H23N3O3/c1-12(2)11-16(20)18-9-7-14(8-10-18)17-13-3-5-15(6-4-13)19(21)22/h3-6,12,14,17H,7-11H2,1-2H3. The predicted octanol–water partition coefficient (Wildman–Crippen LogP) is 3.04. The molecule has 1 saturated heterocycles. The molecular formula is C16H23N3O3. The van der Waals surface area contributed by atoms with Crippen LogP contribution in [0.1, 0.15) is 33.1 Å². The Morgan fingerprint density at radius 3 is 2.41 bits per heavy atom. The Labute approximate surface area is 130 Å². The molecule has 120 valence electrons. The van der Waals surface area contributed by atoms with Gasteiger partial charge in [-0.1, -0.05) is 13.8 Å². The summed E-state index contributed by atoms with van der Waals surface area (Å²) in [4.78, 5) is 24.2. The normalized spacial score (nSPS) is 15.9. The van der Waals surface area contributed by atoms with Crippen molar-refractivity contribution < 1.29 is 9.72 Å². The average molecular weight is 305 g/mol. The van der Waals surface area contributed by atoms with Crippen molar-refractivity contribution in [2.24, 2.45) is 5.92 Å². The van der Waals surface area contributed by atoms with Gasteiger partial charge in [0.2, 0.25) is 5.91 Å². The monoisotopic (exact) mass is 305 g/mol. The molecule has 6 heteroatoms. The van der Waals surface area contributed by atoms with Crippen LogP contribution < -0.4 is 5.32 Å². The molecule has 1 aromatic rings. The summed E-state index contributed by atoms with van der Waals surface area (Å²) in [6, 6.07) is 6.78. The third kappa shape index (κ3) is 4.44. The maximum atomic E-state index is 12.0. The molecule has 1 heterocycles. The van der Waals surface area contributed by atoms with E-state index in [9.17, 15) is 14.9 Å². The number of nitrogens with zero attached hydrogens (tertiary/aromatic N) is 2. The molecule has 0 saturated carbocycles. The van der Waals surface area contributed by atoms with Gasteiger partial charge in [-0.2, -0.15) is 0 Å². The molecule has 1 N–H and O–H groups in total. The lowest BCUT2D eigenvalue weighted by atomic mass is 10.0. The number of amides is 1. The molecule has 1 amide bonds. The Morgan fingerprint density at radius 1 is 1.32 bits per heavy atom. The number of carbonyl (C=O) groups is 1. The summed E-state index contributed by atoms with van der Waals surface area (Å²) in [6.07, 6.45) is 2.42. The van der Waals surface area contributed by atoms with Crippen LogP contribution in [0.3, 0.4) is 0 Å². The molecular weight excluding hydrogens is 282 g/mol. The zero-order valence-electron chi connectivity index (χ0n) is 13.1. The van der Waals surface area contributed by atoms with Gasteiger partial charge in [0.1, 0.15) is 0 Å². The molecule has 0 spiro atoms. The van der Waals surface area contributed by atoms with Gasteiger partial charge in [0.05, 0.1) is 4.92 Å². The van der Waals surface area contributed by atoms with Crippen LogP contribution in [0.5, 0.6) is 0 Å². The highest BCUT2D eigenvalue weighted by Crippen LogP contribution is 2.20. The summed E-state index contributed by atoms with van der Waals surface area (Å²) >= 11 is 0. The molecule has 1 fully saturated rings. The number of piperidine rings is 1. The fourth-order valence-electron chi connectivity index (χ4n) is 2.67. The lowest BCUT2D eigenvalue weighted by Crippen LogP contribution is -2.42. The number of hydrogen-bond donors (Lipinski definition) is 1. The minimum Gasteiger partial charge on any atom is -0.382 e. The van der Waals surface area contributed by atoms with Crippen LogP contribution in [0.4, 0.5) is 11.4 Å². The van der Waals surface area contributed by atoms with Gasteiger partial charge in [-0.3, -0.25) is 14.9 Å². The summed E-state index contributed by atoms with van der Waals surface area (Å²) in [5, 5.41) is 14.0. The maximum Gasteiger partial charge on any atom is 0.269 e. The quantitative estimate of drug-likeness (QED) is 0.670. The van der Waals surface area contributed by atoms with E-state index in [0.717, 1.165) is 31.6 Å². The molecule has 1 aliphatic rings. The molecule has 0 unspecified atom stereocenters. The average Bonchev–Trinajstić information content (AvgIpc) is 2.48. The molecule has 6 nitrogen and oxygen atoms in total. The van der Waals surface area contributed by atoms with E-state index < -0.39 is 4.92 Å². The number of hydrogen-bond acceptors (Lipinski definition) is 4. The summed E-state index contributed by atoms with van der Waals surface area (Å²) in [6.45, 7) is 5.66.